The minimum atomic E-state index is -4.08. The van der Waals surface area contributed by atoms with Crippen molar-refractivity contribution in [2.45, 2.75) is 18.2 Å². The molecule has 1 amide bonds. The summed E-state index contributed by atoms with van der Waals surface area (Å²) in [7, 11) is -1.37. The number of aryl methyl sites for hydroxylation is 1. The van der Waals surface area contributed by atoms with Crippen molar-refractivity contribution in [3.05, 3.63) is 51.3 Å². The summed E-state index contributed by atoms with van der Waals surface area (Å²) in [5, 5.41) is 6.55. The number of hydrogen-bond acceptors (Lipinski definition) is 6. The number of fused-ring (bicyclic) bond motifs is 1. The largest absolute Gasteiger partial charge is 0.332 e. The lowest BCUT2D eigenvalue weighted by atomic mass is 10.3. The molecule has 1 aromatic carbocycles. The molecule has 0 saturated heterocycles. The molecular formula is C16H17N5O5S. The molecule has 0 saturated carbocycles. The van der Waals surface area contributed by atoms with E-state index in [1.807, 2.05) is 0 Å². The molecule has 2 heterocycles. The molecule has 27 heavy (non-hydrogen) atoms. The zero-order valence-corrected chi connectivity index (χ0v) is 15.6. The number of aromatic nitrogens is 4. The maximum absolute atomic E-state index is 12.8. The predicted octanol–water partition coefficient (Wildman–Crippen LogP) is 0.0192. The maximum Gasteiger partial charge on any atom is 0.332 e. The number of rotatable bonds is 4. The Morgan fingerprint density at radius 2 is 1.74 bits per heavy atom. The standard InChI is InChI=1S/C16H17N5O5S/c1-4-13(22)17-10-5-7-11(8-6-10)27(25,26)21-9-12-14(18-21)19(2)16(24)20(3)15(12)23/h5-9H,4H2,1-3H3,(H,17,22). The van der Waals surface area contributed by atoms with Gasteiger partial charge in [-0.25, -0.2) is 4.79 Å². The highest BCUT2D eigenvalue weighted by Gasteiger charge is 2.21. The first kappa shape index (κ1) is 18.6. The molecule has 0 spiro atoms. The normalized spacial score (nSPS) is 11.7. The van der Waals surface area contributed by atoms with Crippen molar-refractivity contribution in [3.8, 4) is 0 Å². The third-order valence-electron chi connectivity index (χ3n) is 4.10. The fourth-order valence-electron chi connectivity index (χ4n) is 2.52. The van der Waals surface area contributed by atoms with Crippen LogP contribution in [-0.2, 0) is 28.9 Å². The first-order chi connectivity index (χ1) is 12.7. The second kappa shape index (κ2) is 6.50. The molecule has 2 aromatic heterocycles. The number of nitrogens with one attached hydrogen (secondary N) is 1. The highest BCUT2D eigenvalue weighted by molar-refractivity contribution is 7.89. The van der Waals surface area contributed by atoms with E-state index in [9.17, 15) is 22.8 Å². The summed E-state index contributed by atoms with van der Waals surface area (Å²) in [5.41, 5.74) is -0.806. The SMILES string of the molecule is CCC(=O)Nc1ccc(S(=O)(=O)n2cc3c(=O)n(C)c(=O)n(C)c3n2)cc1. The van der Waals surface area contributed by atoms with Crippen molar-refractivity contribution in [1.29, 1.82) is 0 Å². The van der Waals surface area contributed by atoms with Crippen molar-refractivity contribution >= 4 is 32.7 Å². The van der Waals surface area contributed by atoms with Gasteiger partial charge in [0.05, 0.1) is 11.1 Å². The molecule has 142 valence electrons. The zero-order valence-electron chi connectivity index (χ0n) is 14.8. The summed E-state index contributed by atoms with van der Waals surface area (Å²) < 4.78 is 28.3. The van der Waals surface area contributed by atoms with Gasteiger partial charge in [-0.2, -0.15) is 12.5 Å². The van der Waals surface area contributed by atoms with Crippen LogP contribution in [0, 0.1) is 0 Å². The van der Waals surface area contributed by atoms with E-state index < -0.39 is 21.3 Å². The van der Waals surface area contributed by atoms with Crippen molar-refractivity contribution in [3.63, 3.8) is 0 Å². The van der Waals surface area contributed by atoms with Gasteiger partial charge in [0.2, 0.25) is 5.91 Å². The van der Waals surface area contributed by atoms with Gasteiger partial charge < -0.3 is 5.32 Å². The van der Waals surface area contributed by atoms with Crippen molar-refractivity contribution in [2.75, 3.05) is 5.32 Å². The monoisotopic (exact) mass is 391 g/mol. The van der Waals surface area contributed by atoms with Crippen LogP contribution in [0.3, 0.4) is 0 Å². The van der Waals surface area contributed by atoms with Crippen LogP contribution in [0.5, 0.6) is 0 Å². The van der Waals surface area contributed by atoms with Crippen LogP contribution < -0.4 is 16.6 Å². The Morgan fingerprint density at radius 3 is 2.33 bits per heavy atom. The van der Waals surface area contributed by atoms with Gasteiger partial charge in [-0.15, -0.1) is 5.10 Å². The van der Waals surface area contributed by atoms with Gasteiger partial charge in [0.25, 0.3) is 15.6 Å². The molecule has 0 aliphatic heterocycles. The zero-order chi connectivity index (χ0) is 19.9. The molecule has 0 bridgehead atoms. The molecule has 11 heteroatoms. The van der Waals surface area contributed by atoms with E-state index in [1.54, 1.807) is 6.92 Å². The molecule has 0 aliphatic rings. The van der Waals surface area contributed by atoms with Crippen LogP contribution >= 0.6 is 0 Å². The molecule has 0 fully saturated rings. The topological polar surface area (TPSA) is 125 Å². The number of anilines is 1. The summed E-state index contributed by atoms with van der Waals surface area (Å²) in [6, 6.07) is 5.56. The Balaban J connectivity index is 2.09. The van der Waals surface area contributed by atoms with Crippen molar-refractivity contribution in [2.24, 2.45) is 14.1 Å². The fourth-order valence-corrected chi connectivity index (χ4v) is 3.64. The minimum Gasteiger partial charge on any atom is -0.326 e. The Labute approximate surface area is 153 Å². The van der Waals surface area contributed by atoms with Crippen LogP contribution in [0.1, 0.15) is 13.3 Å². The van der Waals surface area contributed by atoms with E-state index in [0.29, 0.717) is 16.2 Å². The average Bonchev–Trinajstić information content (AvgIpc) is 3.11. The Hall–Kier alpha value is -3.21. The van der Waals surface area contributed by atoms with E-state index in [1.165, 1.54) is 38.4 Å². The van der Waals surface area contributed by atoms with Crippen LogP contribution in [-0.4, -0.2) is 32.6 Å². The third-order valence-corrected chi connectivity index (χ3v) is 5.65. The lowest BCUT2D eigenvalue weighted by Crippen LogP contribution is -2.36. The van der Waals surface area contributed by atoms with Gasteiger partial charge >= 0.3 is 5.69 Å². The Kier molecular flexibility index (Phi) is 4.47. The average molecular weight is 391 g/mol. The van der Waals surface area contributed by atoms with E-state index in [2.05, 4.69) is 10.4 Å². The van der Waals surface area contributed by atoms with Crippen LogP contribution in [0.15, 0.2) is 44.9 Å². The van der Waals surface area contributed by atoms with Gasteiger partial charge in [0.15, 0.2) is 5.65 Å². The van der Waals surface area contributed by atoms with Crippen molar-refractivity contribution in [1.82, 2.24) is 18.3 Å². The summed E-state index contributed by atoms with van der Waals surface area (Å²) in [6.07, 6.45) is 1.38. The van der Waals surface area contributed by atoms with Crippen molar-refractivity contribution < 1.29 is 13.2 Å². The predicted molar refractivity (Wildman–Crippen MR) is 98.2 cm³/mol. The van der Waals surface area contributed by atoms with Gasteiger partial charge in [0.1, 0.15) is 5.39 Å². The number of carbonyl (C=O) groups is 1. The molecule has 3 rings (SSSR count). The number of nitrogens with zero attached hydrogens (tertiary/aromatic N) is 4. The van der Waals surface area contributed by atoms with Gasteiger partial charge in [-0.1, -0.05) is 6.92 Å². The van der Waals surface area contributed by atoms with Gasteiger partial charge in [0, 0.05) is 26.2 Å². The van der Waals surface area contributed by atoms with Crippen LogP contribution in [0.4, 0.5) is 5.69 Å². The quantitative estimate of drug-likeness (QED) is 0.668. The highest BCUT2D eigenvalue weighted by Crippen LogP contribution is 2.18. The number of hydrogen-bond donors (Lipinski definition) is 1. The first-order valence-corrected chi connectivity index (χ1v) is 9.41. The van der Waals surface area contributed by atoms with Crippen LogP contribution in [0.25, 0.3) is 11.0 Å². The summed E-state index contributed by atoms with van der Waals surface area (Å²) in [6.45, 7) is 1.70. The molecule has 0 unspecified atom stereocenters. The van der Waals surface area contributed by atoms with E-state index >= 15 is 0 Å². The molecule has 10 nitrogen and oxygen atoms in total. The Morgan fingerprint density at radius 1 is 1.11 bits per heavy atom. The first-order valence-electron chi connectivity index (χ1n) is 7.97. The lowest BCUT2D eigenvalue weighted by Gasteiger charge is -2.06. The fraction of sp³-hybridized carbons (Fsp3) is 0.250. The number of amides is 1. The molecule has 0 aliphatic carbocycles. The molecule has 0 radical (unpaired) electrons. The van der Waals surface area contributed by atoms with Gasteiger partial charge in [-0.3, -0.25) is 18.7 Å². The van der Waals surface area contributed by atoms with E-state index in [0.717, 1.165) is 15.3 Å². The molecular weight excluding hydrogens is 374 g/mol. The summed E-state index contributed by atoms with van der Waals surface area (Å²) in [5.74, 6) is -0.194. The smallest absolute Gasteiger partial charge is 0.326 e. The molecule has 0 atom stereocenters. The number of carbonyl (C=O) groups excluding carboxylic acids is 1. The molecule has 3 aromatic rings. The maximum atomic E-state index is 12.8. The van der Waals surface area contributed by atoms with Gasteiger partial charge in [-0.05, 0) is 24.3 Å². The number of benzene rings is 1. The van der Waals surface area contributed by atoms with E-state index in [4.69, 9.17) is 0 Å². The Bertz CT molecular complexity index is 1270. The summed E-state index contributed by atoms with van der Waals surface area (Å²) >= 11 is 0. The lowest BCUT2D eigenvalue weighted by molar-refractivity contribution is -0.115. The van der Waals surface area contributed by atoms with E-state index in [-0.39, 0.29) is 21.8 Å². The third kappa shape index (κ3) is 3.05. The molecule has 1 N–H and O–H groups in total. The van der Waals surface area contributed by atoms with Crippen LogP contribution in [0.2, 0.25) is 0 Å². The highest BCUT2D eigenvalue weighted by atomic mass is 32.2. The minimum absolute atomic E-state index is 0.00926. The second-order valence-corrected chi connectivity index (χ2v) is 7.67. The summed E-state index contributed by atoms with van der Waals surface area (Å²) in [4.78, 5) is 35.5. The second-order valence-electron chi connectivity index (χ2n) is 5.88.